The van der Waals surface area contributed by atoms with Gasteiger partial charge in [-0.05, 0) is 35.2 Å². The molecule has 0 aliphatic carbocycles. The minimum absolute atomic E-state index is 0.204. The van der Waals surface area contributed by atoms with Crippen LogP contribution < -0.4 is 9.47 Å². The van der Waals surface area contributed by atoms with Crippen LogP contribution in [0.3, 0.4) is 0 Å². The molecule has 0 bridgehead atoms. The van der Waals surface area contributed by atoms with E-state index >= 15 is 0 Å². The molecule has 3 aromatic rings. The number of fused-ring (bicyclic) bond motifs is 1. The van der Waals surface area contributed by atoms with E-state index in [0.717, 1.165) is 34.8 Å². The van der Waals surface area contributed by atoms with Crippen LogP contribution in [0.4, 0.5) is 0 Å². The Balaban J connectivity index is 1.34. The summed E-state index contributed by atoms with van der Waals surface area (Å²) < 4.78 is 27.5. The first-order chi connectivity index (χ1) is 16.3. The van der Waals surface area contributed by atoms with Gasteiger partial charge in [-0.3, -0.25) is 0 Å². The maximum Gasteiger partial charge on any atom is 0.330 e. The van der Waals surface area contributed by atoms with E-state index in [-0.39, 0.29) is 6.61 Å². The van der Waals surface area contributed by atoms with Crippen molar-refractivity contribution in [1.82, 2.24) is 0 Å². The number of benzene rings is 3. The van der Waals surface area contributed by atoms with Crippen LogP contribution >= 0.6 is 0 Å². The maximum atomic E-state index is 10.9. The van der Waals surface area contributed by atoms with E-state index in [1.807, 2.05) is 54.6 Å². The predicted molar refractivity (Wildman–Crippen MR) is 128 cm³/mol. The van der Waals surface area contributed by atoms with Crippen LogP contribution in [0.2, 0.25) is 0 Å². The standard InChI is InChI=1S/C27H30O6/c1-2-27(28)33-20-18-30-16-15-29-17-19-31-24-11-12-25-23(21-24)9-6-10-26(25)32-14-13-22-7-4-3-5-8-22/h2-12,21H,1,13-20H2. The smallest absolute Gasteiger partial charge is 0.330 e. The lowest BCUT2D eigenvalue weighted by Gasteiger charge is -2.12. The fourth-order valence-electron chi connectivity index (χ4n) is 3.17. The van der Waals surface area contributed by atoms with Crippen molar-refractivity contribution in [3.05, 3.63) is 84.9 Å². The van der Waals surface area contributed by atoms with Crippen molar-refractivity contribution in [2.75, 3.05) is 46.2 Å². The monoisotopic (exact) mass is 450 g/mol. The van der Waals surface area contributed by atoms with Gasteiger partial charge in [-0.25, -0.2) is 4.79 Å². The Morgan fingerprint density at radius 2 is 1.52 bits per heavy atom. The van der Waals surface area contributed by atoms with Crippen molar-refractivity contribution in [1.29, 1.82) is 0 Å². The van der Waals surface area contributed by atoms with Crippen LogP contribution in [0.15, 0.2) is 79.4 Å². The third kappa shape index (κ3) is 8.60. The molecule has 0 aliphatic heterocycles. The molecule has 0 spiro atoms. The Morgan fingerprint density at radius 3 is 2.30 bits per heavy atom. The molecule has 3 rings (SSSR count). The van der Waals surface area contributed by atoms with Crippen LogP contribution in [-0.4, -0.2) is 52.2 Å². The van der Waals surface area contributed by atoms with E-state index in [1.165, 1.54) is 5.56 Å². The quantitative estimate of drug-likeness (QED) is 0.192. The highest BCUT2D eigenvalue weighted by Crippen LogP contribution is 2.29. The molecule has 0 aromatic heterocycles. The van der Waals surface area contributed by atoms with Crippen LogP contribution in [0.5, 0.6) is 11.5 Å². The molecule has 0 unspecified atom stereocenters. The maximum absolute atomic E-state index is 10.9. The van der Waals surface area contributed by atoms with Crippen LogP contribution in [-0.2, 0) is 25.4 Å². The zero-order chi connectivity index (χ0) is 23.1. The molecule has 6 heteroatoms. The van der Waals surface area contributed by atoms with Gasteiger partial charge in [0.15, 0.2) is 0 Å². The summed E-state index contributed by atoms with van der Waals surface area (Å²) in [5.41, 5.74) is 1.26. The molecule has 0 atom stereocenters. The summed E-state index contributed by atoms with van der Waals surface area (Å²) in [6.45, 7) is 6.25. The molecule has 0 saturated heterocycles. The lowest BCUT2D eigenvalue weighted by molar-refractivity contribution is -0.139. The largest absolute Gasteiger partial charge is 0.493 e. The first-order valence-corrected chi connectivity index (χ1v) is 11.0. The molecule has 0 heterocycles. The molecule has 0 saturated carbocycles. The second-order valence-corrected chi connectivity index (χ2v) is 7.17. The molecule has 3 aromatic carbocycles. The first-order valence-electron chi connectivity index (χ1n) is 11.0. The number of rotatable bonds is 15. The molecular formula is C27H30O6. The van der Waals surface area contributed by atoms with Gasteiger partial charge in [0.05, 0.1) is 33.0 Å². The molecular weight excluding hydrogens is 420 g/mol. The van der Waals surface area contributed by atoms with Crippen molar-refractivity contribution in [3.63, 3.8) is 0 Å². The number of hydrogen-bond acceptors (Lipinski definition) is 6. The Morgan fingerprint density at radius 1 is 0.758 bits per heavy atom. The lowest BCUT2D eigenvalue weighted by atomic mass is 10.1. The van der Waals surface area contributed by atoms with Gasteiger partial charge in [0.1, 0.15) is 24.7 Å². The summed E-state index contributed by atoms with van der Waals surface area (Å²) in [5, 5.41) is 2.13. The number of esters is 1. The van der Waals surface area contributed by atoms with Crippen molar-refractivity contribution in [2.45, 2.75) is 6.42 Å². The predicted octanol–water partition coefficient (Wildman–Crippen LogP) is 4.60. The molecule has 6 nitrogen and oxygen atoms in total. The minimum atomic E-state index is -0.451. The number of carbonyl (C=O) groups excluding carboxylic acids is 1. The van der Waals surface area contributed by atoms with E-state index in [1.54, 1.807) is 0 Å². The van der Waals surface area contributed by atoms with Crippen LogP contribution in [0.1, 0.15) is 5.56 Å². The average Bonchev–Trinajstić information content (AvgIpc) is 2.85. The second-order valence-electron chi connectivity index (χ2n) is 7.17. The molecule has 0 aliphatic rings. The topological polar surface area (TPSA) is 63.2 Å². The Hall–Kier alpha value is -3.35. The summed E-state index contributed by atoms with van der Waals surface area (Å²) in [6, 6.07) is 22.3. The zero-order valence-corrected chi connectivity index (χ0v) is 18.7. The summed E-state index contributed by atoms with van der Waals surface area (Å²) in [4.78, 5) is 10.9. The Bertz CT molecular complexity index is 1000. The normalized spacial score (nSPS) is 10.7. The third-order valence-electron chi connectivity index (χ3n) is 4.81. The number of hydrogen-bond donors (Lipinski definition) is 0. The lowest BCUT2D eigenvalue weighted by Crippen LogP contribution is -2.13. The van der Waals surface area contributed by atoms with Gasteiger partial charge in [0, 0.05) is 17.9 Å². The van der Waals surface area contributed by atoms with Crippen molar-refractivity contribution >= 4 is 16.7 Å². The Kier molecular flexibility index (Phi) is 10.3. The summed E-state index contributed by atoms with van der Waals surface area (Å²) in [7, 11) is 0. The fourth-order valence-corrected chi connectivity index (χ4v) is 3.17. The van der Waals surface area contributed by atoms with Gasteiger partial charge in [-0.15, -0.1) is 0 Å². The van der Waals surface area contributed by atoms with E-state index in [4.69, 9.17) is 23.7 Å². The zero-order valence-electron chi connectivity index (χ0n) is 18.7. The fraction of sp³-hybridized carbons (Fsp3) is 0.296. The summed E-state index contributed by atoms with van der Waals surface area (Å²) in [5.74, 6) is 1.21. The highest BCUT2D eigenvalue weighted by atomic mass is 16.6. The molecule has 0 fully saturated rings. The molecule has 0 N–H and O–H groups in total. The van der Waals surface area contributed by atoms with E-state index in [2.05, 4.69) is 18.7 Å². The average molecular weight is 451 g/mol. The summed E-state index contributed by atoms with van der Waals surface area (Å²) in [6.07, 6.45) is 1.99. The van der Waals surface area contributed by atoms with Crippen molar-refractivity contribution in [3.8, 4) is 11.5 Å². The summed E-state index contributed by atoms with van der Waals surface area (Å²) >= 11 is 0. The van der Waals surface area contributed by atoms with Crippen LogP contribution in [0.25, 0.3) is 10.8 Å². The molecule has 0 radical (unpaired) electrons. The third-order valence-corrected chi connectivity index (χ3v) is 4.81. The van der Waals surface area contributed by atoms with Gasteiger partial charge in [0.25, 0.3) is 0 Å². The van der Waals surface area contributed by atoms with Crippen LogP contribution in [0, 0.1) is 0 Å². The van der Waals surface area contributed by atoms with E-state index < -0.39 is 5.97 Å². The Labute approximate surface area is 194 Å². The molecule has 174 valence electrons. The highest BCUT2D eigenvalue weighted by Gasteiger charge is 2.04. The number of ether oxygens (including phenoxy) is 5. The van der Waals surface area contributed by atoms with Gasteiger partial charge in [-0.1, -0.05) is 49.0 Å². The van der Waals surface area contributed by atoms with E-state index in [9.17, 15) is 4.79 Å². The van der Waals surface area contributed by atoms with Crippen molar-refractivity contribution in [2.24, 2.45) is 0 Å². The van der Waals surface area contributed by atoms with Crippen molar-refractivity contribution < 1.29 is 28.5 Å². The molecule has 33 heavy (non-hydrogen) atoms. The SMILES string of the molecule is C=CC(=O)OCCOCCOCCOc1ccc2c(OCCc3ccccc3)cccc2c1. The van der Waals surface area contributed by atoms with Gasteiger partial charge in [-0.2, -0.15) is 0 Å². The molecule has 0 amide bonds. The van der Waals surface area contributed by atoms with E-state index in [0.29, 0.717) is 39.6 Å². The van der Waals surface area contributed by atoms with Gasteiger partial charge in [0.2, 0.25) is 0 Å². The van der Waals surface area contributed by atoms with Gasteiger partial charge >= 0.3 is 5.97 Å². The number of carbonyl (C=O) groups is 1. The van der Waals surface area contributed by atoms with Gasteiger partial charge < -0.3 is 23.7 Å². The second kappa shape index (κ2) is 13.9. The minimum Gasteiger partial charge on any atom is -0.493 e. The highest BCUT2D eigenvalue weighted by molar-refractivity contribution is 5.89. The first kappa shape index (κ1) is 24.3.